The molecule has 0 radical (unpaired) electrons. The van der Waals surface area contributed by atoms with Gasteiger partial charge in [-0.05, 0) is 12.5 Å². The summed E-state index contributed by atoms with van der Waals surface area (Å²) in [6, 6.07) is 10.4. The van der Waals surface area contributed by atoms with E-state index in [9.17, 15) is 0 Å². The van der Waals surface area contributed by atoms with Crippen molar-refractivity contribution in [3.63, 3.8) is 0 Å². The number of nitrogens with one attached hydrogen (secondary N) is 1. The van der Waals surface area contributed by atoms with Crippen LogP contribution in [0.2, 0.25) is 0 Å². The molecule has 94 valence electrons. The number of nitrogens with zero attached hydrogens (tertiary/aromatic N) is 3. The van der Waals surface area contributed by atoms with Crippen LogP contribution in [-0.2, 0) is 6.54 Å². The molecule has 0 saturated carbocycles. The summed E-state index contributed by atoms with van der Waals surface area (Å²) in [5.41, 5.74) is 3.21. The Morgan fingerprint density at radius 1 is 1.32 bits per heavy atom. The lowest BCUT2D eigenvalue weighted by atomic mass is 10.1. The molecule has 0 aliphatic heterocycles. The predicted molar refractivity (Wildman–Crippen MR) is 74.4 cm³/mol. The third-order valence-electron chi connectivity index (χ3n) is 3.20. The number of hydrogen-bond donors (Lipinski definition) is 1. The third kappa shape index (κ3) is 2.23. The third-order valence-corrected chi connectivity index (χ3v) is 3.20. The monoisotopic (exact) mass is 250 g/mol. The largest absolute Gasteiger partial charge is 0.360 e. The minimum atomic E-state index is 0.584. The number of para-hydroxylation sites is 1. The van der Waals surface area contributed by atoms with E-state index in [0.717, 1.165) is 29.7 Å². The first kappa shape index (κ1) is 11.5. The number of benzene rings is 1. The number of rotatable bonds is 4. The minimum absolute atomic E-state index is 0.584. The van der Waals surface area contributed by atoms with Crippen LogP contribution in [0.25, 0.3) is 22.2 Å². The van der Waals surface area contributed by atoms with Gasteiger partial charge in [0, 0.05) is 41.8 Å². The molecule has 3 aromatic rings. The molecular formula is C15H14N4. The number of H-pyrrole nitrogens is 1. The summed E-state index contributed by atoms with van der Waals surface area (Å²) in [5, 5.41) is 9.72. The van der Waals surface area contributed by atoms with E-state index in [0.29, 0.717) is 6.42 Å². The normalized spacial score (nSPS) is 10.7. The molecule has 0 aliphatic rings. The Morgan fingerprint density at radius 2 is 2.21 bits per heavy atom. The zero-order valence-corrected chi connectivity index (χ0v) is 10.5. The lowest BCUT2D eigenvalue weighted by molar-refractivity contribution is 0.653. The van der Waals surface area contributed by atoms with E-state index in [2.05, 4.69) is 28.2 Å². The molecule has 19 heavy (non-hydrogen) atoms. The average molecular weight is 250 g/mol. The second kappa shape index (κ2) is 4.99. The lowest BCUT2D eigenvalue weighted by Gasteiger charge is -1.97. The maximum Gasteiger partial charge on any atom is 0.0953 e. The summed E-state index contributed by atoms with van der Waals surface area (Å²) in [6.45, 7) is 0.836. The summed E-state index contributed by atoms with van der Waals surface area (Å²) in [5.74, 6) is 0. The van der Waals surface area contributed by atoms with Crippen molar-refractivity contribution in [2.75, 3.05) is 0 Å². The van der Waals surface area contributed by atoms with Crippen LogP contribution in [-0.4, -0.2) is 14.5 Å². The molecule has 0 aliphatic carbocycles. The van der Waals surface area contributed by atoms with Crippen molar-refractivity contribution in [2.24, 2.45) is 0 Å². The van der Waals surface area contributed by atoms with Crippen molar-refractivity contribution in [1.29, 1.82) is 5.26 Å². The second-order valence-electron chi connectivity index (χ2n) is 4.51. The van der Waals surface area contributed by atoms with Crippen LogP contribution in [0.15, 0.2) is 43.0 Å². The van der Waals surface area contributed by atoms with Crippen molar-refractivity contribution in [3.05, 3.63) is 43.0 Å². The maximum atomic E-state index is 8.54. The highest BCUT2D eigenvalue weighted by Gasteiger charge is 2.08. The molecule has 0 saturated heterocycles. The van der Waals surface area contributed by atoms with Crippen molar-refractivity contribution in [1.82, 2.24) is 14.5 Å². The van der Waals surface area contributed by atoms with Gasteiger partial charge in [0.15, 0.2) is 0 Å². The molecule has 4 nitrogen and oxygen atoms in total. The van der Waals surface area contributed by atoms with Crippen molar-refractivity contribution in [2.45, 2.75) is 19.4 Å². The second-order valence-corrected chi connectivity index (χ2v) is 4.51. The molecule has 2 aromatic heterocycles. The number of aromatic amines is 1. The molecule has 1 N–H and O–H groups in total. The summed E-state index contributed by atoms with van der Waals surface area (Å²) >= 11 is 0. The van der Waals surface area contributed by atoms with Gasteiger partial charge in [0.05, 0.1) is 18.1 Å². The van der Waals surface area contributed by atoms with Gasteiger partial charge in [-0.2, -0.15) is 5.26 Å². The Bertz CT molecular complexity index is 730. The van der Waals surface area contributed by atoms with Gasteiger partial charge in [-0.3, -0.25) is 0 Å². The molecule has 0 atom stereocenters. The van der Waals surface area contributed by atoms with Gasteiger partial charge in [-0.1, -0.05) is 18.2 Å². The highest BCUT2D eigenvalue weighted by atomic mass is 15.0. The van der Waals surface area contributed by atoms with Crippen molar-refractivity contribution >= 4 is 10.9 Å². The molecule has 0 fully saturated rings. The lowest BCUT2D eigenvalue weighted by Crippen LogP contribution is -1.92. The molecule has 0 unspecified atom stereocenters. The number of unbranched alkanes of at least 4 members (excludes halogenated alkanes) is 1. The zero-order chi connectivity index (χ0) is 13.1. The van der Waals surface area contributed by atoms with E-state index in [4.69, 9.17) is 5.26 Å². The minimum Gasteiger partial charge on any atom is -0.360 e. The molecule has 0 amide bonds. The van der Waals surface area contributed by atoms with E-state index < -0.39 is 0 Å². The van der Waals surface area contributed by atoms with Crippen LogP contribution in [0.3, 0.4) is 0 Å². The topological polar surface area (TPSA) is 57.4 Å². The van der Waals surface area contributed by atoms with E-state index in [1.54, 1.807) is 0 Å². The van der Waals surface area contributed by atoms with E-state index in [-0.39, 0.29) is 0 Å². The Hall–Kier alpha value is -2.54. The Balaban J connectivity index is 1.88. The summed E-state index contributed by atoms with van der Waals surface area (Å²) < 4.78 is 2.04. The molecule has 0 spiro atoms. The highest BCUT2D eigenvalue weighted by molar-refractivity contribution is 5.94. The van der Waals surface area contributed by atoms with Gasteiger partial charge in [0.2, 0.25) is 0 Å². The number of aryl methyl sites for hydroxylation is 1. The number of nitriles is 1. The standard InChI is InChI=1S/C15H14N4/c16-7-3-4-8-19-10-15(18-11-19)13-9-17-14-6-2-1-5-12(13)14/h1-2,5-6,9-11,17H,3-4,8H2. The molecule has 1 aromatic carbocycles. The highest BCUT2D eigenvalue weighted by Crippen LogP contribution is 2.26. The molecular weight excluding hydrogens is 236 g/mol. The fourth-order valence-corrected chi connectivity index (χ4v) is 2.25. The Labute approximate surface area is 111 Å². The molecule has 0 bridgehead atoms. The first-order chi connectivity index (χ1) is 9.38. The first-order valence-corrected chi connectivity index (χ1v) is 6.33. The maximum absolute atomic E-state index is 8.54. The predicted octanol–water partition coefficient (Wildman–Crippen LogP) is 3.34. The van der Waals surface area contributed by atoms with Gasteiger partial charge >= 0.3 is 0 Å². The number of fused-ring (bicyclic) bond motifs is 1. The van der Waals surface area contributed by atoms with Gasteiger partial charge in [-0.25, -0.2) is 4.98 Å². The van der Waals surface area contributed by atoms with Crippen LogP contribution < -0.4 is 0 Å². The smallest absolute Gasteiger partial charge is 0.0953 e. The summed E-state index contributed by atoms with van der Waals surface area (Å²) in [6.07, 6.45) is 7.30. The average Bonchev–Trinajstić information content (AvgIpc) is 3.05. The van der Waals surface area contributed by atoms with E-state index in [1.807, 2.05) is 35.4 Å². The molecule has 2 heterocycles. The van der Waals surface area contributed by atoms with Crippen molar-refractivity contribution in [3.8, 4) is 17.3 Å². The van der Waals surface area contributed by atoms with Crippen LogP contribution in [0.5, 0.6) is 0 Å². The zero-order valence-electron chi connectivity index (χ0n) is 10.5. The van der Waals surface area contributed by atoms with Crippen LogP contribution in [0, 0.1) is 11.3 Å². The van der Waals surface area contributed by atoms with Gasteiger partial charge < -0.3 is 9.55 Å². The van der Waals surface area contributed by atoms with E-state index in [1.165, 1.54) is 5.39 Å². The fraction of sp³-hybridized carbons (Fsp3) is 0.200. The van der Waals surface area contributed by atoms with Gasteiger partial charge in [0.1, 0.15) is 0 Å². The SMILES string of the molecule is N#CCCCn1cnc(-c2c[nH]c3ccccc23)c1. The summed E-state index contributed by atoms with van der Waals surface area (Å²) in [4.78, 5) is 7.70. The van der Waals surface area contributed by atoms with Gasteiger partial charge in [0.25, 0.3) is 0 Å². The van der Waals surface area contributed by atoms with E-state index >= 15 is 0 Å². The quantitative estimate of drug-likeness (QED) is 0.722. The van der Waals surface area contributed by atoms with Crippen LogP contribution >= 0.6 is 0 Å². The molecule has 3 rings (SSSR count). The molecule has 4 heteroatoms. The number of imidazole rings is 1. The fourth-order valence-electron chi connectivity index (χ4n) is 2.25. The van der Waals surface area contributed by atoms with Crippen molar-refractivity contribution < 1.29 is 0 Å². The summed E-state index contributed by atoms with van der Waals surface area (Å²) in [7, 11) is 0. The van der Waals surface area contributed by atoms with Gasteiger partial charge in [-0.15, -0.1) is 0 Å². The number of hydrogen-bond acceptors (Lipinski definition) is 2. The number of aromatic nitrogens is 3. The van der Waals surface area contributed by atoms with Crippen LogP contribution in [0.1, 0.15) is 12.8 Å². The Morgan fingerprint density at radius 3 is 3.11 bits per heavy atom. The van der Waals surface area contributed by atoms with Crippen LogP contribution in [0.4, 0.5) is 0 Å². The first-order valence-electron chi connectivity index (χ1n) is 6.33. The Kier molecular flexibility index (Phi) is 3.03.